The number of aromatic nitrogens is 2. The van der Waals surface area contributed by atoms with E-state index < -0.39 is 26.2 Å². The monoisotopic (exact) mass is 267 g/mol. The van der Waals surface area contributed by atoms with Gasteiger partial charge in [-0.2, -0.15) is 0 Å². The van der Waals surface area contributed by atoms with Gasteiger partial charge < -0.3 is 4.98 Å². The Kier molecular flexibility index (Phi) is 3.02. The summed E-state index contributed by atoms with van der Waals surface area (Å²) in [7, 11) is -4.02. The highest BCUT2D eigenvalue weighted by atomic mass is 32.2. The highest BCUT2D eigenvalue weighted by Crippen LogP contribution is 2.11. The fraction of sp³-hybridized carbons (Fsp3) is 0. The van der Waals surface area contributed by atoms with E-state index in [4.69, 9.17) is 0 Å². The molecular formula is C10H9N3O4S. The maximum absolute atomic E-state index is 11.9. The number of hydrogen-bond donors (Lipinski definition) is 3. The second-order valence-corrected chi connectivity index (χ2v) is 5.06. The van der Waals surface area contributed by atoms with Gasteiger partial charge in [-0.1, -0.05) is 18.2 Å². The Bertz CT molecular complexity index is 761. The number of aromatic amines is 2. The molecule has 0 bridgehead atoms. The van der Waals surface area contributed by atoms with Crippen molar-refractivity contribution < 1.29 is 8.42 Å². The molecule has 0 aliphatic rings. The van der Waals surface area contributed by atoms with Crippen LogP contribution in [0.1, 0.15) is 0 Å². The largest absolute Gasteiger partial charge is 0.325 e. The van der Waals surface area contributed by atoms with E-state index in [9.17, 15) is 18.0 Å². The van der Waals surface area contributed by atoms with E-state index in [1.807, 2.05) is 4.98 Å². The van der Waals surface area contributed by atoms with Crippen molar-refractivity contribution in [1.82, 2.24) is 9.97 Å². The molecule has 0 atom stereocenters. The van der Waals surface area contributed by atoms with Crippen LogP contribution in [-0.4, -0.2) is 18.4 Å². The molecule has 3 N–H and O–H groups in total. The van der Waals surface area contributed by atoms with Crippen LogP contribution in [0.3, 0.4) is 0 Å². The van der Waals surface area contributed by atoms with Crippen LogP contribution in [0.4, 0.5) is 5.69 Å². The zero-order valence-electron chi connectivity index (χ0n) is 9.01. The average molecular weight is 267 g/mol. The average Bonchev–Trinajstić information content (AvgIpc) is 2.29. The molecule has 1 aromatic heterocycles. The number of nitrogens with one attached hydrogen (secondary N) is 3. The lowest BCUT2D eigenvalue weighted by Crippen LogP contribution is -2.29. The van der Waals surface area contributed by atoms with Gasteiger partial charge >= 0.3 is 5.69 Å². The molecule has 0 fully saturated rings. The number of rotatable bonds is 3. The van der Waals surface area contributed by atoms with Gasteiger partial charge in [-0.25, -0.2) is 13.2 Å². The van der Waals surface area contributed by atoms with Crippen LogP contribution in [-0.2, 0) is 10.0 Å². The Labute approximate surface area is 102 Å². The SMILES string of the molecule is O=c1[nH]cc(S(=O)(=O)Nc2ccccc2)c(=O)[nH]1. The lowest BCUT2D eigenvalue weighted by Gasteiger charge is -2.06. The third-order valence-corrected chi connectivity index (χ3v) is 3.49. The number of para-hydroxylation sites is 1. The van der Waals surface area contributed by atoms with Crippen LogP contribution < -0.4 is 16.0 Å². The van der Waals surface area contributed by atoms with Crippen LogP contribution in [0.5, 0.6) is 0 Å². The zero-order chi connectivity index (χ0) is 13.2. The van der Waals surface area contributed by atoms with Crippen molar-refractivity contribution in [3.05, 3.63) is 57.4 Å². The van der Waals surface area contributed by atoms with Crippen LogP contribution in [0, 0.1) is 0 Å². The fourth-order valence-electron chi connectivity index (χ4n) is 1.31. The van der Waals surface area contributed by atoms with E-state index >= 15 is 0 Å². The number of benzene rings is 1. The first-order chi connectivity index (χ1) is 8.49. The summed E-state index contributed by atoms with van der Waals surface area (Å²) in [6, 6.07) is 8.10. The van der Waals surface area contributed by atoms with Gasteiger partial charge in [0.1, 0.15) is 0 Å². The van der Waals surface area contributed by atoms with Crippen molar-refractivity contribution in [2.75, 3.05) is 4.72 Å². The quantitative estimate of drug-likeness (QED) is 0.718. The number of hydrogen-bond acceptors (Lipinski definition) is 4. The molecule has 2 rings (SSSR count). The Morgan fingerprint density at radius 2 is 1.72 bits per heavy atom. The summed E-state index contributed by atoms with van der Waals surface area (Å²) in [5.74, 6) is 0. The fourth-order valence-corrected chi connectivity index (χ4v) is 2.38. The second-order valence-electron chi connectivity index (χ2n) is 3.41. The standard InChI is InChI=1S/C10H9N3O4S/c14-9-8(6-11-10(15)12-9)18(16,17)13-7-4-2-1-3-5-7/h1-6,13H,(H2,11,12,14,15). The van der Waals surface area contributed by atoms with Crippen molar-refractivity contribution in [2.24, 2.45) is 0 Å². The molecule has 2 aromatic rings. The molecule has 8 heteroatoms. The second kappa shape index (κ2) is 4.49. The molecule has 0 aliphatic carbocycles. The van der Waals surface area contributed by atoms with Gasteiger partial charge in [0.25, 0.3) is 15.6 Å². The van der Waals surface area contributed by atoms with Crippen molar-refractivity contribution in [3.8, 4) is 0 Å². The van der Waals surface area contributed by atoms with E-state index in [2.05, 4.69) is 9.71 Å². The van der Waals surface area contributed by atoms with Gasteiger partial charge in [-0.05, 0) is 12.1 Å². The van der Waals surface area contributed by atoms with Gasteiger partial charge in [0.2, 0.25) is 0 Å². The summed E-state index contributed by atoms with van der Waals surface area (Å²) >= 11 is 0. The predicted molar refractivity (Wildman–Crippen MR) is 64.9 cm³/mol. The third kappa shape index (κ3) is 2.48. The lowest BCUT2D eigenvalue weighted by atomic mass is 10.3. The minimum absolute atomic E-state index is 0.322. The Hall–Kier alpha value is -2.35. The van der Waals surface area contributed by atoms with E-state index in [-0.39, 0.29) is 0 Å². The summed E-state index contributed by atoms with van der Waals surface area (Å²) in [6.07, 6.45) is 0.854. The Balaban J connectivity index is 2.43. The molecule has 0 spiro atoms. The van der Waals surface area contributed by atoms with Crippen LogP contribution in [0.25, 0.3) is 0 Å². The van der Waals surface area contributed by atoms with Crippen molar-refractivity contribution >= 4 is 15.7 Å². The molecule has 0 saturated carbocycles. The van der Waals surface area contributed by atoms with E-state index in [0.29, 0.717) is 5.69 Å². The molecule has 7 nitrogen and oxygen atoms in total. The highest BCUT2D eigenvalue weighted by molar-refractivity contribution is 7.92. The van der Waals surface area contributed by atoms with E-state index in [1.165, 1.54) is 12.1 Å². The third-order valence-electron chi connectivity index (χ3n) is 2.10. The molecule has 0 amide bonds. The minimum Gasteiger partial charge on any atom is -0.313 e. The molecule has 94 valence electrons. The molecular weight excluding hydrogens is 258 g/mol. The molecule has 0 unspecified atom stereocenters. The van der Waals surface area contributed by atoms with Gasteiger partial charge in [0.05, 0.1) is 0 Å². The molecule has 0 radical (unpaired) electrons. The molecule has 1 aromatic carbocycles. The molecule has 1 heterocycles. The predicted octanol–water partition coefficient (Wildman–Crippen LogP) is -0.136. The van der Waals surface area contributed by atoms with Gasteiger partial charge in [-0.15, -0.1) is 0 Å². The maximum atomic E-state index is 11.9. The first-order valence-electron chi connectivity index (χ1n) is 4.89. The van der Waals surface area contributed by atoms with Crippen LogP contribution in [0.15, 0.2) is 51.0 Å². The molecule has 0 aliphatic heterocycles. The van der Waals surface area contributed by atoms with Crippen LogP contribution in [0.2, 0.25) is 0 Å². The summed E-state index contributed by atoms with van der Waals surface area (Å²) in [6.45, 7) is 0. The van der Waals surface area contributed by atoms with E-state index in [0.717, 1.165) is 6.20 Å². The van der Waals surface area contributed by atoms with Gasteiger partial charge in [0, 0.05) is 11.9 Å². The number of sulfonamides is 1. The van der Waals surface area contributed by atoms with Crippen molar-refractivity contribution in [3.63, 3.8) is 0 Å². The van der Waals surface area contributed by atoms with Gasteiger partial charge in [0.15, 0.2) is 4.90 Å². The molecule has 0 saturated heterocycles. The maximum Gasteiger partial charge on any atom is 0.325 e. The zero-order valence-corrected chi connectivity index (χ0v) is 9.82. The summed E-state index contributed by atoms with van der Waals surface area (Å²) in [5.41, 5.74) is -1.41. The Morgan fingerprint density at radius 3 is 2.33 bits per heavy atom. The first-order valence-corrected chi connectivity index (χ1v) is 6.37. The normalized spacial score (nSPS) is 11.1. The summed E-state index contributed by atoms with van der Waals surface area (Å²) in [5, 5.41) is 0. The van der Waals surface area contributed by atoms with Crippen molar-refractivity contribution in [1.29, 1.82) is 0 Å². The number of H-pyrrole nitrogens is 2. The molecule has 18 heavy (non-hydrogen) atoms. The Morgan fingerprint density at radius 1 is 1.06 bits per heavy atom. The smallest absolute Gasteiger partial charge is 0.313 e. The van der Waals surface area contributed by atoms with Crippen LogP contribution >= 0.6 is 0 Å². The lowest BCUT2D eigenvalue weighted by molar-refractivity contribution is 0.599. The van der Waals surface area contributed by atoms with E-state index in [1.54, 1.807) is 18.2 Å². The first kappa shape index (κ1) is 12.1. The highest BCUT2D eigenvalue weighted by Gasteiger charge is 2.18. The summed E-state index contributed by atoms with van der Waals surface area (Å²) < 4.78 is 26.0. The minimum atomic E-state index is -4.02. The van der Waals surface area contributed by atoms with Gasteiger partial charge in [-0.3, -0.25) is 14.5 Å². The number of anilines is 1. The topological polar surface area (TPSA) is 112 Å². The summed E-state index contributed by atoms with van der Waals surface area (Å²) in [4.78, 5) is 25.6. The van der Waals surface area contributed by atoms with Crippen molar-refractivity contribution in [2.45, 2.75) is 4.90 Å².